The average Bonchev–Trinajstić information content (AvgIpc) is 2.35. The van der Waals surface area contributed by atoms with Gasteiger partial charge in [0.2, 0.25) is 0 Å². The first-order valence-corrected chi connectivity index (χ1v) is 6.98. The third-order valence-electron chi connectivity index (χ3n) is 2.24. The molecule has 0 amide bonds. The molecule has 4 heteroatoms. The van der Waals surface area contributed by atoms with Gasteiger partial charge in [0.1, 0.15) is 4.99 Å². The van der Waals surface area contributed by atoms with E-state index in [0.717, 1.165) is 20.2 Å². The Balaban J connectivity index is 2.25. The highest BCUT2D eigenvalue weighted by molar-refractivity contribution is 9.11. The van der Waals surface area contributed by atoms with Gasteiger partial charge in [-0.05, 0) is 44.0 Å². The zero-order valence-corrected chi connectivity index (χ0v) is 12.8. The summed E-state index contributed by atoms with van der Waals surface area (Å²) in [5.41, 5.74) is 1.95. The van der Waals surface area contributed by atoms with Crippen LogP contribution in [0.2, 0.25) is 0 Å². The Labute approximate surface area is 122 Å². The number of rotatable bonds is 2. The standard InChI is InChI=1S/C13H9Br2NS/c14-10-7-4-8-11(15)12(10)16-13(17)9-5-2-1-3-6-9/h1-8H,(H,16,17). The molecule has 0 atom stereocenters. The highest BCUT2D eigenvalue weighted by Gasteiger charge is 2.07. The van der Waals surface area contributed by atoms with Gasteiger partial charge >= 0.3 is 0 Å². The molecule has 0 aliphatic rings. The average molecular weight is 371 g/mol. The first-order valence-electron chi connectivity index (χ1n) is 4.99. The molecule has 0 saturated carbocycles. The first-order chi connectivity index (χ1) is 8.18. The molecule has 0 aliphatic heterocycles. The highest BCUT2D eigenvalue weighted by atomic mass is 79.9. The maximum atomic E-state index is 5.37. The summed E-state index contributed by atoms with van der Waals surface area (Å²) in [6.45, 7) is 0. The number of nitrogens with one attached hydrogen (secondary N) is 1. The van der Waals surface area contributed by atoms with Crippen molar-refractivity contribution in [2.45, 2.75) is 0 Å². The van der Waals surface area contributed by atoms with Crippen molar-refractivity contribution in [2.24, 2.45) is 0 Å². The molecule has 0 bridgehead atoms. The monoisotopic (exact) mass is 369 g/mol. The van der Waals surface area contributed by atoms with E-state index in [0.29, 0.717) is 4.99 Å². The summed E-state index contributed by atoms with van der Waals surface area (Å²) in [5, 5.41) is 3.23. The van der Waals surface area contributed by atoms with E-state index in [9.17, 15) is 0 Å². The van der Waals surface area contributed by atoms with Crippen LogP contribution >= 0.6 is 44.1 Å². The van der Waals surface area contributed by atoms with Crippen molar-refractivity contribution in [1.29, 1.82) is 0 Å². The van der Waals surface area contributed by atoms with E-state index in [-0.39, 0.29) is 0 Å². The number of halogens is 2. The molecule has 0 saturated heterocycles. The van der Waals surface area contributed by atoms with E-state index >= 15 is 0 Å². The van der Waals surface area contributed by atoms with E-state index in [1.165, 1.54) is 0 Å². The van der Waals surface area contributed by atoms with Crippen molar-refractivity contribution >= 4 is 54.8 Å². The van der Waals surface area contributed by atoms with Crippen LogP contribution in [0, 0.1) is 0 Å². The largest absolute Gasteiger partial charge is 0.344 e. The van der Waals surface area contributed by atoms with Crippen LogP contribution in [0.25, 0.3) is 0 Å². The molecule has 0 unspecified atom stereocenters. The number of para-hydroxylation sites is 1. The maximum absolute atomic E-state index is 5.37. The van der Waals surface area contributed by atoms with Crippen LogP contribution in [-0.4, -0.2) is 4.99 Å². The summed E-state index contributed by atoms with van der Waals surface area (Å²) < 4.78 is 1.95. The quantitative estimate of drug-likeness (QED) is 0.746. The van der Waals surface area contributed by atoms with E-state index in [1.807, 2.05) is 48.5 Å². The second-order valence-corrected chi connectivity index (χ2v) is 5.53. The zero-order chi connectivity index (χ0) is 12.3. The minimum absolute atomic E-state index is 0.707. The van der Waals surface area contributed by atoms with Crippen molar-refractivity contribution < 1.29 is 0 Å². The molecule has 0 aliphatic carbocycles. The maximum Gasteiger partial charge on any atom is 0.111 e. The second kappa shape index (κ2) is 5.76. The Morgan fingerprint density at radius 3 is 2.06 bits per heavy atom. The van der Waals surface area contributed by atoms with Gasteiger partial charge in [-0.15, -0.1) is 0 Å². The van der Waals surface area contributed by atoms with Crippen LogP contribution < -0.4 is 5.32 Å². The number of hydrogen-bond acceptors (Lipinski definition) is 1. The van der Waals surface area contributed by atoms with Crippen molar-refractivity contribution in [1.82, 2.24) is 0 Å². The van der Waals surface area contributed by atoms with E-state index in [1.54, 1.807) is 0 Å². The number of benzene rings is 2. The molecular weight excluding hydrogens is 362 g/mol. The summed E-state index contributed by atoms with van der Waals surface area (Å²) >= 11 is 12.4. The van der Waals surface area contributed by atoms with Crippen LogP contribution in [0.1, 0.15) is 5.56 Å². The van der Waals surface area contributed by atoms with Crippen LogP contribution in [0.5, 0.6) is 0 Å². The number of anilines is 1. The molecule has 1 nitrogen and oxygen atoms in total. The first kappa shape index (κ1) is 12.7. The van der Waals surface area contributed by atoms with E-state index < -0.39 is 0 Å². The SMILES string of the molecule is S=C(Nc1c(Br)cccc1Br)c1ccccc1. The summed E-state index contributed by atoms with van der Waals surface area (Å²) in [6.07, 6.45) is 0. The smallest absolute Gasteiger partial charge is 0.111 e. The predicted molar refractivity (Wildman–Crippen MR) is 83.6 cm³/mol. The predicted octanol–water partition coefficient (Wildman–Crippen LogP) is 5.00. The fourth-order valence-corrected chi connectivity index (χ4v) is 2.83. The summed E-state index contributed by atoms with van der Waals surface area (Å²) in [5.74, 6) is 0. The van der Waals surface area contributed by atoms with Crippen LogP contribution in [0.3, 0.4) is 0 Å². The minimum Gasteiger partial charge on any atom is -0.344 e. The lowest BCUT2D eigenvalue weighted by atomic mass is 10.2. The molecule has 0 heterocycles. The van der Waals surface area contributed by atoms with Gasteiger partial charge in [0.15, 0.2) is 0 Å². The highest BCUT2D eigenvalue weighted by Crippen LogP contribution is 2.30. The molecule has 2 rings (SSSR count). The van der Waals surface area contributed by atoms with Crippen molar-refractivity contribution in [3.63, 3.8) is 0 Å². The minimum atomic E-state index is 0.707. The molecule has 2 aromatic carbocycles. The Hall–Kier alpha value is -0.710. The van der Waals surface area contributed by atoms with Crippen molar-refractivity contribution in [3.8, 4) is 0 Å². The molecule has 1 N–H and O–H groups in total. The fourth-order valence-electron chi connectivity index (χ4n) is 1.39. The van der Waals surface area contributed by atoms with Crippen molar-refractivity contribution in [2.75, 3.05) is 5.32 Å². The van der Waals surface area contributed by atoms with Gasteiger partial charge in [0.05, 0.1) is 5.69 Å². The molecule has 17 heavy (non-hydrogen) atoms. The Bertz CT molecular complexity index is 520. The molecular formula is C13H9Br2NS. The topological polar surface area (TPSA) is 12.0 Å². The molecule has 2 aromatic rings. The number of hydrogen-bond donors (Lipinski definition) is 1. The van der Waals surface area contributed by atoms with Crippen molar-refractivity contribution in [3.05, 3.63) is 63.0 Å². The van der Waals surface area contributed by atoms with Gasteiger partial charge in [-0.1, -0.05) is 48.6 Å². The normalized spacial score (nSPS) is 10.0. The lowest BCUT2D eigenvalue weighted by Crippen LogP contribution is -2.11. The third-order valence-corrected chi connectivity index (χ3v) is 3.90. The van der Waals surface area contributed by atoms with Crippen LogP contribution in [-0.2, 0) is 0 Å². The third kappa shape index (κ3) is 3.15. The second-order valence-electron chi connectivity index (χ2n) is 3.42. The van der Waals surface area contributed by atoms with Gasteiger partial charge in [0.25, 0.3) is 0 Å². The fraction of sp³-hybridized carbons (Fsp3) is 0. The Morgan fingerprint density at radius 2 is 1.47 bits per heavy atom. The van der Waals surface area contributed by atoms with E-state index in [2.05, 4.69) is 37.2 Å². The van der Waals surface area contributed by atoms with Gasteiger partial charge in [-0.2, -0.15) is 0 Å². The van der Waals surface area contributed by atoms with Gasteiger partial charge in [-0.25, -0.2) is 0 Å². The molecule has 0 aromatic heterocycles. The lowest BCUT2D eigenvalue weighted by molar-refractivity contribution is 1.55. The Morgan fingerprint density at radius 1 is 0.882 bits per heavy atom. The van der Waals surface area contributed by atoms with Gasteiger partial charge < -0.3 is 5.32 Å². The molecule has 0 radical (unpaired) electrons. The molecule has 86 valence electrons. The summed E-state index contributed by atoms with van der Waals surface area (Å²) in [4.78, 5) is 0.707. The van der Waals surface area contributed by atoms with Crippen LogP contribution in [0.4, 0.5) is 5.69 Å². The Kier molecular flexibility index (Phi) is 4.31. The van der Waals surface area contributed by atoms with E-state index in [4.69, 9.17) is 12.2 Å². The lowest BCUT2D eigenvalue weighted by Gasteiger charge is -2.11. The number of thiocarbonyl (C=S) groups is 1. The zero-order valence-electron chi connectivity index (χ0n) is 8.78. The van der Waals surface area contributed by atoms with Gasteiger partial charge in [-0.3, -0.25) is 0 Å². The summed E-state index contributed by atoms with van der Waals surface area (Å²) in [6, 6.07) is 15.8. The molecule has 0 fully saturated rings. The van der Waals surface area contributed by atoms with Gasteiger partial charge in [0, 0.05) is 14.5 Å². The van der Waals surface area contributed by atoms with Crippen LogP contribution in [0.15, 0.2) is 57.5 Å². The summed E-state index contributed by atoms with van der Waals surface area (Å²) in [7, 11) is 0. The molecule has 0 spiro atoms.